The van der Waals surface area contributed by atoms with E-state index in [9.17, 15) is 13.6 Å². The van der Waals surface area contributed by atoms with Gasteiger partial charge in [0.2, 0.25) is 5.82 Å². The van der Waals surface area contributed by atoms with E-state index in [1.54, 1.807) is 31.2 Å². The van der Waals surface area contributed by atoms with Crippen LogP contribution in [0.15, 0.2) is 77.0 Å². The van der Waals surface area contributed by atoms with Gasteiger partial charge in [-0.1, -0.05) is 52.7 Å². The van der Waals surface area contributed by atoms with Gasteiger partial charge in [0.05, 0.1) is 17.3 Å². The number of hydrogen-bond acceptors (Lipinski definition) is 4. The van der Waals surface area contributed by atoms with E-state index in [-0.39, 0.29) is 11.6 Å². The summed E-state index contributed by atoms with van der Waals surface area (Å²) in [5, 5.41) is 7.60. The quantitative estimate of drug-likeness (QED) is 0.345. The molecule has 1 N–H and O–H groups in total. The third kappa shape index (κ3) is 4.28. The Bertz CT molecular complexity index is 1470. The molecule has 0 bridgehead atoms. The molecule has 6 nitrogen and oxygen atoms in total. The Kier molecular flexibility index (Phi) is 5.82. The maximum Gasteiger partial charge on any atom is 0.327 e. The van der Waals surface area contributed by atoms with Gasteiger partial charge in [-0.25, -0.2) is 13.6 Å². The van der Waals surface area contributed by atoms with Gasteiger partial charge in [-0.2, -0.15) is 4.98 Å². The summed E-state index contributed by atoms with van der Waals surface area (Å²) >= 11 is 6.06. The van der Waals surface area contributed by atoms with E-state index in [0.29, 0.717) is 22.1 Å². The van der Waals surface area contributed by atoms with Crippen molar-refractivity contribution in [2.24, 2.45) is 0 Å². The Morgan fingerprint density at radius 3 is 2.49 bits per heavy atom. The zero-order valence-electron chi connectivity index (χ0n) is 18.7. The molecule has 0 saturated heterocycles. The molecule has 0 radical (unpaired) electrons. The number of benzene rings is 3. The predicted octanol–water partition coefficient (Wildman–Crippen LogP) is 6.68. The second-order valence-corrected chi connectivity index (χ2v) is 8.60. The molecule has 0 aliphatic carbocycles. The van der Waals surface area contributed by atoms with E-state index in [2.05, 4.69) is 15.5 Å². The number of halogens is 3. The van der Waals surface area contributed by atoms with Crippen LogP contribution in [0.2, 0.25) is 5.02 Å². The highest BCUT2D eigenvalue weighted by molar-refractivity contribution is 6.30. The van der Waals surface area contributed by atoms with E-state index in [4.69, 9.17) is 16.1 Å². The summed E-state index contributed by atoms with van der Waals surface area (Å²) in [5.41, 5.74) is 3.65. The minimum absolute atomic E-state index is 0.157. The topological polar surface area (TPSA) is 71.3 Å². The molecule has 4 aromatic rings. The Balaban J connectivity index is 1.66. The molecule has 0 saturated carbocycles. The summed E-state index contributed by atoms with van der Waals surface area (Å²) in [5.74, 6) is -1.50. The second kappa shape index (κ2) is 8.96. The third-order valence-electron chi connectivity index (χ3n) is 5.78. The van der Waals surface area contributed by atoms with Crippen molar-refractivity contribution in [1.29, 1.82) is 0 Å². The molecule has 9 heteroatoms. The maximum atomic E-state index is 14.0. The van der Waals surface area contributed by atoms with Crippen molar-refractivity contribution in [3.05, 3.63) is 106 Å². The van der Waals surface area contributed by atoms with E-state index in [1.165, 1.54) is 11.0 Å². The van der Waals surface area contributed by atoms with Crippen molar-refractivity contribution >= 4 is 28.9 Å². The number of carbonyl (C=O) groups is 1. The fraction of sp³-hybridized carbons (Fsp3) is 0.115. The average molecular weight is 493 g/mol. The molecule has 0 fully saturated rings. The summed E-state index contributed by atoms with van der Waals surface area (Å²) < 4.78 is 33.2. The van der Waals surface area contributed by atoms with Gasteiger partial charge in [0.1, 0.15) is 0 Å². The largest absolute Gasteiger partial charge is 0.334 e. The number of rotatable bonds is 4. The molecule has 5 rings (SSSR count). The number of carbonyl (C=O) groups excluding carboxylic acids is 1. The number of nitrogens with zero attached hydrogens (tertiary/aromatic N) is 3. The molecular weight excluding hydrogens is 474 g/mol. The number of anilines is 1. The summed E-state index contributed by atoms with van der Waals surface area (Å²) in [6.45, 7) is 3.65. The molecule has 3 aromatic carbocycles. The molecule has 1 atom stereocenters. The van der Waals surface area contributed by atoms with Gasteiger partial charge in [-0.05, 0) is 49.7 Å². The molecule has 2 amide bonds. The van der Waals surface area contributed by atoms with E-state index in [0.717, 1.165) is 28.8 Å². The van der Waals surface area contributed by atoms with Gasteiger partial charge in [0.15, 0.2) is 11.6 Å². The van der Waals surface area contributed by atoms with E-state index < -0.39 is 23.7 Å². The van der Waals surface area contributed by atoms with Crippen molar-refractivity contribution in [2.45, 2.75) is 19.9 Å². The Morgan fingerprint density at radius 1 is 1.00 bits per heavy atom. The highest BCUT2D eigenvalue weighted by atomic mass is 35.5. The van der Waals surface area contributed by atoms with Crippen LogP contribution in [0.4, 0.5) is 19.3 Å². The lowest BCUT2D eigenvalue weighted by Crippen LogP contribution is -2.46. The number of aryl methyl sites for hydroxylation is 1. The molecule has 1 aliphatic heterocycles. The van der Waals surface area contributed by atoms with Gasteiger partial charge in [0, 0.05) is 22.3 Å². The SMILES string of the molecule is CC1=C(c2nc(-c3cccc(C)c3)no2)C(c2ccc(Cl)cc2)NC(=O)N1c1ccc(F)c(F)c1. The van der Waals surface area contributed by atoms with Crippen LogP contribution < -0.4 is 10.2 Å². The molecule has 35 heavy (non-hydrogen) atoms. The van der Waals surface area contributed by atoms with Crippen LogP contribution in [-0.4, -0.2) is 16.2 Å². The first-order valence-electron chi connectivity index (χ1n) is 10.7. The standard InChI is InChI=1S/C26H19ClF2N4O2/c1-14-4-3-5-17(12-14)24-31-25(35-32-24)22-15(2)33(19-10-11-20(28)21(29)13-19)26(34)30-23(22)16-6-8-18(27)9-7-16/h3-13,23H,1-2H3,(H,30,34). The number of nitrogens with one attached hydrogen (secondary N) is 1. The average Bonchev–Trinajstić information content (AvgIpc) is 3.31. The smallest absolute Gasteiger partial charge is 0.327 e. The Hall–Kier alpha value is -4.04. The van der Waals surface area contributed by atoms with Crippen molar-refractivity contribution in [3.8, 4) is 11.4 Å². The van der Waals surface area contributed by atoms with Crippen molar-refractivity contribution in [2.75, 3.05) is 4.90 Å². The molecule has 0 spiro atoms. The van der Waals surface area contributed by atoms with Crippen LogP contribution in [0.5, 0.6) is 0 Å². The lowest BCUT2D eigenvalue weighted by Gasteiger charge is -2.35. The van der Waals surface area contributed by atoms with Gasteiger partial charge >= 0.3 is 6.03 Å². The molecule has 2 heterocycles. The highest BCUT2D eigenvalue weighted by Crippen LogP contribution is 2.39. The minimum atomic E-state index is -1.07. The number of allylic oxidation sites excluding steroid dienone is 1. The van der Waals surface area contributed by atoms with Crippen LogP contribution in [0.25, 0.3) is 17.0 Å². The Labute approximate surface area is 204 Å². The lowest BCUT2D eigenvalue weighted by atomic mass is 9.94. The van der Waals surface area contributed by atoms with Gasteiger partial charge in [-0.3, -0.25) is 4.90 Å². The molecule has 176 valence electrons. The van der Waals surface area contributed by atoms with Gasteiger partial charge in [-0.15, -0.1) is 0 Å². The first-order valence-corrected chi connectivity index (χ1v) is 11.1. The first-order chi connectivity index (χ1) is 16.8. The van der Waals surface area contributed by atoms with Crippen LogP contribution >= 0.6 is 11.6 Å². The fourth-order valence-electron chi connectivity index (χ4n) is 4.09. The van der Waals surface area contributed by atoms with Crippen molar-refractivity contribution < 1.29 is 18.1 Å². The molecular formula is C26H19ClF2N4O2. The van der Waals surface area contributed by atoms with Gasteiger partial charge in [0.25, 0.3) is 5.89 Å². The minimum Gasteiger partial charge on any atom is -0.334 e. The fourth-order valence-corrected chi connectivity index (χ4v) is 4.22. The first kappa shape index (κ1) is 22.7. The normalized spacial score (nSPS) is 16.0. The highest BCUT2D eigenvalue weighted by Gasteiger charge is 2.36. The Morgan fingerprint density at radius 2 is 1.77 bits per heavy atom. The monoisotopic (exact) mass is 492 g/mol. The summed E-state index contributed by atoms with van der Waals surface area (Å²) in [7, 11) is 0. The van der Waals surface area contributed by atoms with E-state index >= 15 is 0 Å². The summed E-state index contributed by atoms with van der Waals surface area (Å²) in [6, 6.07) is 16.8. The van der Waals surface area contributed by atoms with Crippen LogP contribution in [0, 0.1) is 18.6 Å². The zero-order valence-corrected chi connectivity index (χ0v) is 19.5. The van der Waals surface area contributed by atoms with Crippen molar-refractivity contribution in [3.63, 3.8) is 0 Å². The summed E-state index contributed by atoms with van der Waals surface area (Å²) in [4.78, 5) is 19.0. The summed E-state index contributed by atoms with van der Waals surface area (Å²) in [6.07, 6.45) is 0. The van der Waals surface area contributed by atoms with Gasteiger partial charge < -0.3 is 9.84 Å². The van der Waals surface area contributed by atoms with Crippen LogP contribution in [0.1, 0.15) is 30.0 Å². The van der Waals surface area contributed by atoms with Crippen LogP contribution in [-0.2, 0) is 0 Å². The second-order valence-electron chi connectivity index (χ2n) is 8.16. The molecule has 1 unspecified atom stereocenters. The van der Waals surface area contributed by atoms with Crippen LogP contribution in [0.3, 0.4) is 0 Å². The van der Waals surface area contributed by atoms with E-state index in [1.807, 2.05) is 31.2 Å². The number of aromatic nitrogens is 2. The number of hydrogen-bond donors (Lipinski definition) is 1. The molecule has 1 aromatic heterocycles. The molecule has 1 aliphatic rings. The zero-order chi connectivity index (χ0) is 24.7. The predicted molar refractivity (Wildman–Crippen MR) is 129 cm³/mol. The number of amides is 2. The van der Waals surface area contributed by atoms with Crippen molar-refractivity contribution in [1.82, 2.24) is 15.5 Å². The number of urea groups is 1. The lowest BCUT2D eigenvalue weighted by molar-refractivity contribution is 0.244. The maximum absolute atomic E-state index is 14.0. The third-order valence-corrected chi connectivity index (χ3v) is 6.03.